The van der Waals surface area contributed by atoms with Gasteiger partial charge in [0.25, 0.3) is 11.1 Å². The van der Waals surface area contributed by atoms with Crippen LogP contribution in [-0.2, 0) is 0 Å². The van der Waals surface area contributed by atoms with E-state index in [1.165, 1.54) is 15.7 Å². The second kappa shape index (κ2) is 5.58. The van der Waals surface area contributed by atoms with E-state index in [0.29, 0.717) is 20.4 Å². The molecule has 2 aromatic heterocycles. The highest BCUT2D eigenvalue weighted by Gasteiger charge is 2.10. The third-order valence-corrected chi connectivity index (χ3v) is 4.76. The third-order valence-electron chi connectivity index (χ3n) is 3.79. The molecule has 0 spiro atoms. The molecule has 4 aromatic rings. The Hall–Kier alpha value is -2.99. The molecule has 118 valence electrons. The molecule has 0 fully saturated rings. The zero-order valence-electron chi connectivity index (χ0n) is 12.7. The number of hydrogen-bond donors (Lipinski definition) is 0. The smallest absolute Gasteiger partial charge is 0.281 e. The van der Waals surface area contributed by atoms with Gasteiger partial charge >= 0.3 is 0 Å². The maximum Gasteiger partial charge on any atom is 0.281 e. The van der Waals surface area contributed by atoms with E-state index in [-0.39, 0.29) is 11.1 Å². The van der Waals surface area contributed by atoms with Crippen molar-refractivity contribution in [3.05, 3.63) is 79.3 Å². The van der Waals surface area contributed by atoms with Crippen molar-refractivity contribution in [3.8, 4) is 5.75 Å². The molecular weight excluding hydrogens is 324 g/mol. The Morgan fingerprint density at radius 2 is 1.83 bits per heavy atom. The largest absolute Gasteiger partial charge is 0.497 e. The van der Waals surface area contributed by atoms with Gasteiger partial charge in [0.15, 0.2) is 0 Å². The molecule has 2 heterocycles. The Kier molecular flexibility index (Phi) is 3.39. The summed E-state index contributed by atoms with van der Waals surface area (Å²) in [5, 5.41) is 0.445. The molecule has 0 aliphatic heterocycles. The lowest BCUT2D eigenvalue weighted by atomic mass is 10.2. The van der Waals surface area contributed by atoms with Gasteiger partial charge in [-0.2, -0.15) is 4.98 Å². The summed E-state index contributed by atoms with van der Waals surface area (Å²) >= 11 is 1.21. The topological polar surface area (TPSA) is 60.7 Å². The van der Waals surface area contributed by atoms with Crippen LogP contribution in [0.4, 0.5) is 0 Å². The average molecular weight is 336 g/mol. The fourth-order valence-electron chi connectivity index (χ4n) is 2.61. The predicted octanol–water partition coefficient (Wildman–Crippen LogP) is 1.83. The lowest BCUT2D eigenvalue weighted by molar-refractivity contribution is 0.415. The van der Waals surface area contributed by atoms with E-state index < -0.39 is 0 Å². The second-order valence-corrected chi connectivity index (χ2v) is 6.25. The van der Waals surface area contributed by atoms with Gasteiger partial charge in [-0.3, -0.25) is 14.0 Å². The summed E-state index contributed by atoms with van der Waals surface area (Å²) in [5.41, 5.74) is 0.979. The van der Waals surface area contributed by atoms with Gasteiger partial charge < -0.3 is 4.74 Å². The minimum atomic E-state index is -0.317. The van der Waals surface area contributed by atoms with E-state index in [1.807, 2.05) is 24.3 Å². The molecule has 0 amide bonds. The summed E-state index contributed by atoms with van der Waals surface area (Å²) in [4.78, 5) is 29.3. The van der Waals surface area contributed by atoms with Gasteiger partial charge in [0.05, 0.1) is 22.5 Å². The number of benzene rings is 2. The molecule has 0 radical (unpaired) electrons. The van der Waals surface area contributed by atoms with Crippen molar-refractivity contribution in [3.63, 3.8) is 0 Å². The number of ether oxygens (including phenoxy) is 1. The molecule has 5 nitrogen and oxygen atoms in total. The summed E-state index contributed by atoms with van der Waals surface area (Å²) in [6, 6.07) is 14.4. The zero-order valence-corrected chi connectivity index (χ0v) is 13.5. The monoisotopic (exact) mass is 336 g/mol. The highest BCUT2D eigenvalue weighted by molar-refractivity contribution is 7.15. The second-order valence-electron chi connectivity index (χ2n) is 5.24. The highest BCUT2D eigenvalue weighted by atomic mass is 32.1. The number of nitrogens with zero attached hydrogens (tertiary/aromatic N) is 2. The van der Waals surface area contributed by atoms with Crippen molar-refractivity contribution < 1.29 is 4.74 Å². The number of hydrogen-bond acceptors (Lipinski definition) is 5. The number of aromatic nitrogens is 2. The average Bonchev–Trinajstić information content (AvgIpc) is 2.91. The van der Waals surface area contributed by atoms with Crippen LogP contribution in [0.3, 0.4) is 0 Å². The van der Waals surface area contributed by atoms with Crippen LogP contribution >= 0.6 is 11.3 Å². The molecule has 2 aromatic carbocycles. The molecule has 0 aliphatic carbocycles. The van der Waals surface area contributed by atoms with Crippen molar-refractivity contribution in [1.29, 1.82) is 0 Å². The zero-order chi connectivity index (χ0) is 16.7. The van der Waals surface area contributed by atoms with E-state index in [2.05, 4.69) is 4.98 Å². The molecule has 0 bridgehead atoms. The first-order valence-corrected chi connectivity index (χ1v) is 8.09. The fourth-order valence-corrected chi connectivity index (χ4v) is 3.58. The SMILES string of the molecule is COc1ccc(/C=c2\sc3nc(=O)c4ccccc4n3c2=O)cc1. The Morgan fingerprint density at radius 3 is 2.58 bits per heavy atom. The van der Waals surface area contributed by atoms with E-state index >= 15 is 0 Å². The minimum absolute atomic E-state index is 0.172. The highest BCUT2D eigenvalue weighted by Crippen LogP contribution is 2.13. The van der Waals surface area contributed by atoms with E-state index in [9.17, 15) is 9.59 Å². The maximum absolute atomic E-state index is 12.8. The van der Waals surface area contributed by atoms with Crippen molar-refractivity contribution in [1.82, 2.24) is 9.38 Å². The quantitative estimate of drug-likeness (QED) is 0.560. The van der Waals surface area contributed by atoms with Crippen LogP contribution in [0.15, 0.2) is 58.1 Å². The standard InChI is InChI=1S/C18H12N2O3S/c1-23-12-8-6-11(7-9-12)10-15-17(22)20-14-5-3-2-4-13(14)16(21)19-18(20)24-15/h2-10H,1H3/b15-10-. The van der Waals surface area contributed by atoms with Crippen LogP contribution < -0.4 is 20.4 Å². The molecule has 0 saturated heterocycles. The molecule has 24 heavy (non-hydrogen) atoms. The van der Waals surface area contributed by atoms with Gasteiger partial charge in [-0.15, -0.1) is 0 Å². The number of thiazole rings is 1. The summed E-state index contributed by atoms with van der Waals surface area (Å²) in [7, 11) is 1.61. The Labute approximate surface area is 140 Å². The lowest BCUT2D eigenvalue weighted by Gasteiger charge is -1.98. The minimum Gasteiger partial charge on any atom is -0.497 e. The van der Waals surface area contributed by atoms with Crippen LogP contribution in [0, 0.1) is 0 Å². The van der Waals surface area contributed by atoms with E-state index in [1.54, 1.807) is 37.5 Å². The van der Waals surface area contributed by atoms with Gasteiger partial charge in [0.1, 0.15) is 5.75 Å². The van der Waals surface area contributed by atoms with Gasteiger partial charge in [0, 0.05) is 0 Å². The normalized spacial score (nSPS) is 12.1. The summed E-state index contributed by atoms with van der Waals surface area (Å²) < 4.78 is 7.16. The first kappa shape index (κ1) is 14.6. The van der Waals surface area contributed by atoms with Crippen LogP contribution in [-0.4, -0.2) is 16.5 Å². The fraction of sp³-hybridized carbons (Fsp3) is 0.0556. The lowest BCUT2D eigenvalue weighted by Crippen LogP contribution is -2.24. The van der Waals surface area contributed by atoms with Gasteiger partial charge in [-0.1, -0.05) is 35.6 Å². The maximum atomic E-state index is 12.8. The van der Waals surface area contributed by atoms with Crippen molar-refractivity contribution in [2.24, 2.45) is 0 Å². The van der Waals surface area contributed by atoms with E-state index in [0.717, 1.165) is 11.3 Å². The van der Waals surface area contributed by atoms with Crippen molar-refractivity contribution >= 4 is 33.3 Å². The molecule has 0 saturated carbocycles. The molecule has 0 aliphatic rings. The summed E-state index contributed by atoms with van der Waals surface area (Å²) in [6.07, 6.45) is 1.79. The molecule has 4 rings (SSSR count). The number of methoxy groups -OCH3 is 1. The van der Waals surface area contributed by atoms with E-state index in [4.69, 9.17) is 4.74 Å². The Morgan fingerprint density at radius 1 is 1.08 bits per heavy atom. The van der Waals surface area contributed by atoms with Crippen LogP contribution in [0.2, 0.25) is 0 Å². The molecule has 6 heteroatoms. The molecular formula is C18H12N2O3S. The summed E-state index contributed by atoms with van der Waals surface area (Å²) in [6.45, 7) is 0. The first-order valence-electron chi connectivity index (χ1n) is 7.27. The Bertz CT molecular complexity index is 1220. The van der Waals surface area contributed by atoms with Crippen LogP contribution in [0.25, 0.3) is 21.9 Å². The number of para-hydroxylation sites is 1. The Balaban J connectivity index is 2.02. The number of fused-ring (bicyclic) bond motifs is 3. The number of rotatable bonds is 2. The predicted molar refractivity (Wildman–Crippen MR) is 94.9 cm³/mol. The summed E-state index contributed by atoms with van der Waals surface area (Å²) in [5.74, 6) is 0.754. The van der Waals surface area contributed by atoms with Gasteiger partial charge in [-0.25, -0.2) is 0 Å². The molecule has 0 atom stereocenters. The van der Waals surface area contributed by atoms with Crippen molar-refractivity contribution in [2.45, 2.75) is 0 Å². The van der Waals surface area contributed by atoms with Crippen LogP contribution in [0.1, 0.15) is 5.56 Å². The van der Waals surface area contributed by atoms with Gasteiger partial charge in [0.2, 0.25) is 4.96 Å². The van der Waals surface area contributed by atoms with Gasteiger partial charge in [-0.05, 0) is 35.9 Å². The van der Waals surface area contributed by atoms with Crippen molar-refractivity contribution in [2.75, 3.05) is 7.11 Å². The first-order chi connectivity index (χ1) is 11.7. The molecule has 0 N–H and O–H groups in total. The molecule has 0 unspecified atom stereocenters. The third kappa shape index (κ3) is 2.28. The van der Waals surface area contributed by atoms with Crippen LogP contribution in [0.5, 0.6) is 5.75 Å².